The first-order valence-corrected chi connectivity index (χ1v) is 13.1. The number of nitrogens with zero attached hydrogens (tertiary/aromatic N) is 6. The van der Waals surface area contributed by atoms with Gasteiger partial charge in [-0.25, -0.2) is 9.18 Å². The van der Waals surface area contributed by atoms with Crippen molar-refractivity contribution in [2.75, 3.05) is 50.6 Å². The maximum Gasteiger partial charge on any atom is 0.332 e. The van der Waals surface area contributed by atoms with Crippen LogP contribution in [0.25, 0.3) is 11.2 Å². The molecule has 13 heteroatoms. The number of thiocarbonyl (C=S) groups is 1. The van der Waals surface area contributed by atoms with Crippen molar-refractivity contribution in [2.24, 2.45) is 14.1 Å². The molecule has 0 atom stereocenters. The molecule has 2 aromatic carbocycles. The van der Waals surface area contributed by atoms with Crippen LogP contribution in [0.15, 0.2) is 52.1 Å². The van der Waals surface area contributed by atoms with E-state index in [-0.39, 0.29) is 12.4 Å². The van der Waals surface area contributed by atoms with Crippen LogP contribution in [0, 0.1) is 5.82 Å². The number of hydrogen-bond donors (Lipinski definition) is 1. The van der Waals surface area contributed by atoms with Crippen molar-refractivity contribution >= 4 is 40.1 Å². The van der Waals surface area contributed by atoms with Crippen molar-refractivity contribution in [1.29, 1.82) is 0 Å². The highest BCUT2D eigenvalue weighted by molar-refractivity contribution is 7.80. The zero-order valence-corrected chi connectivity index (χ0v) is 23.5. The molecule has 1 aliphatic heterocycles. The van der Waals surface area contributed by atoms with Crippen molar-refractivity contribution in [3.63, 3.8) is 0 Å². The van der Waals surface area contributed by atoms with Crippen molar-refractivity contribution in [2.45, 2.75) is 6.54 Å². The number of hydrogen-bond acceptors (Lipinski definition) is 7. The summed E-state index contributed by atoms with van der Waals surface area (Å²) in [5.74, 6) is 1.52. The molecule has 11 nitrogen and oxygen atoms in total. The first-order chi connectivity index (χ1) is 19.2. The number of methoxy groups -OCH3 is 2. The number of imidazole rings is 1. The van der Waals surface area contributed by atoms with Gasteiger partial charge < -0.3 is 24.6 Å². The predicted octanol–water partition coefficient (Wildman–Crippen LogP) is 2.16. The first-order valence-electron chi connectivity index (χ1n) is 12.6. The average molecular weight is 568 g/mol. The zero-order valence-electron chi connectivity index (χ0n) is 22.7. The fourth-order valence-corrected chi connectivity index (χ4v) is 5.09. The Morgan fingerprint density at radius 3 is 2.20 bits per heavy atom. The van der Waals surface area contributed by atoms with Gasteiger partial charge >= 0.3 is 5.69 Å². The molecule has 2 aromatic heterocycles. The van der Waals surface area contributed by atoms with Gasteiger partial charge in [0.15, 0.2) is 16.3 Å². The molecule has 1 N–H and O–H groups in total. The molecule has 40 heavy (non-hydrogen) atoms. The number of nitrogens with one attached hydrogen (secondary N) is 1. The van der Waals surface area contributed by atoms with Crippen LogP contribution in [0.3, 0.4) is 0 Å². The zero-order chi connectivity index (χ0) is 28.6. The lowest BCUT2D eigenvalue weighted by Gasteiger charge is -2.36. The molecular weight excluding hydrogens is 537 g/mol. The summed E-state index contributed by atoms with van der Waals surface area (Å²) in [7, 11) is 6.22. The van der Waals surface area contributed by atoms with Crippen LogP contribution in [-0.4, -0.2) is 69.1 Å². The fraction of sp³-hybridized carbons (Fsp3) is 0.333. The molecule has 0 bridgehead atoms. The van der Waals surface area contributed by atoms with Crippen molar-refractivity contribution in [1.82, 2.24) is 23.6 Å². The first kappa shape index (κ1) is 27.2. The largest absolute Gasteiger partial charge is 0.497 e. The average Bonchev–Trinajstić information content (AvgIpc) is 3.35. The van der Waals surface area contributed by atoms with Gasteiger partial charge in [-0.3, -0.25) is 18.5 Å². The van der Waals surface area contributed by atoms with Crippen LogP contribution in [0.5, 0.6) is 11.5 Å². The second-order valence-electron chi connectivity index (χ2n) is 9.51. The Balaban J connectivity index is 1.41. The molecule has 0 radical (unpaired) electrons. The third-order valence-electron chi connectivity index (χ3n) is 7.03. The second kappa shape index (κ2) is 11.0. The van der Waals surface area contributed by atoms with Crippen LogP contribution >= 0.6 is 12.2 Å². The quantitative estimate of drug-likeness (QED) is 0.352. The molecule has 1 aliphatic rings. The van der Waals surface area contributed by atoms with E-state index in [0.29, 0.717) is 59.9 Å². The van der Waals surface area contributed by atoms with Gasteiger partial charge in [0.2, 0.25) is 5.95 Å². The summed E-state index contributed by atoms with van der Waals surface area (Å²) in [6.45, 7) is 2.64. The Bertz CT molecular complexity index is 1670. The number of ether oxygens (including phenoxy) is 2. The van der Waals surface area contributed by atoms with E-state index < -0.39 is 11.2 Å². The lowest BCUT2D eigenvalue weighted by Crippen LogP contribution is -2.50. The van der Waals surface area contributed by atoms with E-state index in [1.165, 1.54) is 23.7 Å². The molecule has 0 unspecified atom stereocenters. The van der Waals surface area contributed by atoms with E-state index in [0.717, 1.165) is 15.8 Å². The molecule has 5 rings (SSSR count). The smallest absolute Gasteiger partial charge is 0.332 e. The van der Waals surface area contributed by atoms with E-state index in [2.05, 4.69) is 15.1 Å². The van der Waals surface area contributed by atoms with Crippen molar-refractivity contribution < 1.29 is 13.9 Å². The van der Waals surface area contributed by atoms with E-state index in [1.807, 2.05) is 12.1 Å². The van der Waals surface area contributed by atoms with Gasteiger partial charge in [-0.2, -0.15) is 4.98 Å². The highest BCUT2D eigenvalue weighted by Gasteiger charge is 2.26. The highest BCUT2D eigenvalue weighted by atomic mass is 32.1. The summed E-state index contributed by atoms with van der Waals surface area (Å²) in [5.41, 5.74) is 1.28. The van der Waals surface area contributed by atoms with Gasteiger partial charge in [0, 0.05) is 64.2 Å². The van der Waals surface area contributed by atoms with Gasteiger partial charge in [-0.05, 0) is 29.9 Å². The Hall–Kier alpha value is -4.39. The molecule has 0 spiro atoms. The van der Waals surface area contributed by atoms with Crippen molar-refractivity contribution in [3.05, 3.63) is 74.7 Å². The molecule has 3 heterocycles. The number of halogens is 1. The van der Waals surface area contributed by atoms with E-state index in [9.17, 15) is 14.0 Å². The van der Waals surface area contributed by atoms with Crippen LogP contribution in [0.4, 0.5) is 16.0 Å². The Morgan fingerprint density at radius 2 is 1.60 bits per heavy atom. The molecule has 0 saturated carbocycles. The number of rotatable bonds is 6. The maximum atomic E-state index is 13.6. The molecule has 0 aliphatic carbocycles. The SMILES string of the molecule is COc1cc(NC(=S)N2CCN(c3nc4c(c(=O)n(C)c(=O)n4C)n3Cc3ccc(F)cc3)CC2)cc(OC)c1. The number of anilines is 2. The monoisotopic (exact) mass is 567 g/mol. The van der Waals surface area contributed by atoms with Crippen LogP contribution in [-0.2, 0) is 20.6 Å². The van der Waals surface area contributed by atoms with E-state index >= 15 is 0 Å². The van der Waals surface area contributed by atoms with Crippen LogP contribution in [0.1, 0.15) is 5.56 Å². The lowest BCUT2D eigenvalue weighted by atomic mass is 10.2. The van der Waals surface area contributed by atoms with Gasteiger partial charge in [-0.15, -0.1) is 0 Å². The van der Waals surface area contributed by atoms with Gasteiger partial charge in [0.05, 0.1) is 20.8 Å². The lowest BCUT2D eigenvalue weighted by molar-refractivity contribution is 0.386. The fourth-order valence-electron chi connectivity index (χ4n) is 4.79. The normalized spacial score (nSPS) is 13.5. The minimum Gasteiger partial charge on any atom is -0.497 e. The third kappa shape index (κ3) is 5.11. The standard InChI is InChI=1S/C27H30FN7O4S/c1-31-23-22(24(36)32(2)27(31)37)35(16-17-5-7-18(28)8-6-17)25(30-23)33-9-11-34(12-10-33)26(40)29-19-13-20(38-3)15-21(14-19)39-4/h5-8,13-15H,9-12,16H2,1-4H3,(H,29,40). The topological polar surface area (TPSA) is 98.8 Å². The molecule has 0 amide bonds. The minimum absolute atomic E-state index is 0.289. The molecular formula is C27H30FN7O4S. The number of aromatic nitrogens is 4. The molecule has 1 fully saturated rings. The van der Waals surface area contributed by atoms with E-state index in [1.54, 1.807) is 44.0 Å². The van der Waals surface area contributed by atoms with Crippen LogP contribution < -0.4 is 30.9 Å². The molecule has 210 valence electrons. The third-order valence-corrected chi connectivity index (χ3v) is 7.39. The number of fused-ring (bicyclic) bond motifs is 1. The second-order valence-corrected chi connectivity index (χ2v) is 9.89. The van der Waals surface area contributed by atoms with Crippen LogP contribution in [0.2, 0.25) is 0 Å². The molecule has 1 saturated heterocycles. The summed E-state index contributed by atoms with van der Waals surface area (Å²) in [6, 6.07) is 11.6. The summed E-state index contributed by atoms with van der Waals surface area (Å²) < 4.78 is 28.5. The Morgan fingerprint density at radius 1 is 0.975 bits per heavy atom. The number of aryl methyl sites for hydroxylation is 1. The van der Waals surface area contributed by atoms with Gasteiger partial charge in [0.25, 0.3) is 5.56 Å². The summed E-state index contributed by atoms with van der Waals surface area (Å²) >= 11 is 5.69. The summed E-state index contributed by atoms with van der Waals surface area (Å²) in [4.78, 5) is 34.7. The van der Waals surface area contributed by atoms with E-state index in [4.69, 9.17) is 26.7 Å². The van der Waals surface area contributed by atoms with Crippen molar-refractivity contribution in [3.8, 4) is 11.5 Å². The molecule has 4 aromatic rings. The summed E-state index contributed by atoms with van der Waals surface area (Å²) in [5, 5.41) is 3.82. The van der Waals surface area contributed by atoms with Gasteiger partial charge in [-0.1, -0.05) is 12.1 Å². The highest BCUT2D eigenvalue weighted by Crippen LogP contribution is 2.27. The van der Waals surface area contributed by atoms with Gasteiger partial charge in [0.1, 0.15) is 17.3 Å². The Labute approximate surface area is 235 Å². The predicted molar refractivity (Wildman–Crippen MR) is 155 cm³/mol. The minimum atomic E-state index is -0.453. The number of piperazine rings is 1. The summed E-state index contributed by atoms with van der Waals surface area (Å²) in [6.07, 6.45) is 0. The maximum absolute atomic E-state index is 13.6. The Kier molecular flexibility index (Phi) is 7.48. The number of benzene rings is 2.